The van der Waals surface area contributed by atoms with E-state index in [0.29, 0.717) is 0 Å². The normalized spacial score (nSPS) is 11.1. The van der Waals surface area contributed by atoms with Crippen LogP contribution in [0.25, 0.3) is 0 Å². The van der Waals surface area contributed by atoms with Crippen molar-refractivity contribution in [3.63, 3.8) is 0 Å². The molecule has 0 aromatic heterocycles. The van der Waals surface area contributed by atoms with Gasteiger partial charge in [-0.25, -0.2) is 0 Å². The van der Waals surface area contributed by atoms with Crippen LogP contribution < -0.4 is 21.5 Å². The van der Waals surface area contributed by atoms with Crippen LogP contribution in [0.3, 0.4) is 0 Å². The Balaban J connectivity index is 0.00000289. The summed E-state index contributed by atoms with van der Waals surface area (Å²) < 4.78 is 1.01. The van der Waals surface area contributed by atoms with Crippen molar-refractivity contribution < 1.29 is 17.0 Å². The molecule has 0 bridgehead atoms. The summed E-state index contributed by atoms with van der Waals surface area (Å²) in [5.74, 6) is 0. The molecule has 0 amide bonds. The van der Waals surface area contributed by atoms with Crippen LogP contribution in [0.1, 0.15) is 45.4 Å². The van der Waals surface area contributed by atoms with Crippen LogP contribution in [-0.4, -0.2) is 20.6 Å². The van der Waals surface area contributed by atoms with Gasteiger partial charge in [-0.05, 0) is 25.0 Å². The monoisotopic (exact) mass is 313 g/mol. The zero-order chi connectivity index (χ0) is 12.6. The van der Waals surface area contributed by atoms with E-state index in [1.807, 2.05) is 0 Å². The van der Waals surface area contributed by atoms with E-state index in [-0.39, 0.29) is 17.0 Å². The number of unbranched alkanes of at least 4 members (excludes halogenated alkanes) is 5. The van der Waals surface area contributed by atoms with Crippen LogP contribution in [0.15, 0.2) is 30.3 Å². The van der Waals surface area contributed by atoms with Gasteiger partial charge in [0.2, 0.25) is 0 Å². The van der Waals surface area contributed by atoms with Crippen LogP contribution in [0.2, 0.25) is 0 Å². The van der Waals surface area contributed by atoms with Gasteiger partial charge in [0.1, 0.15) is 5.69 Å². The number of hydrogen-bond acceptors (Lipinski definition) is 0. The molecule has 1 aromatic carbocycles. The van der Waals surface area contributed by atoms with Gasteiger partial charge in [-0.1, -0.05) is 50.8 Å². The second-order valence-corrected chi connectivity index (χ2v) is 5.51. The first-order valence-corrected chi connectivity index (χ1v) is 7.05. The van der Waals surface area contributed by atoms with E-state index >= 15 is 0 Å². The summed E-state index contributed by atoms with van der Waals surface area (Å²) in [5, 5.41) is 0. The van der Waals surface area contributed by atoms with Gasteiger partial charge in [-0.2, -0.15) is 0 Å². The highest BCUT2D eigenvalue weighted by atomic mass is 79.9. The molecular weight excluding hydrogens is 286 g/mol. The maximum absolute atomic E-state index is 2.31. The molecule has 0 fully saturated rings. The number of quaternary nitrogens is 1. The summed E-state index contributed by atoms with van der Waals surface area (Å²) in [7, 11) is 4.61. The quantitative estimate of drug-likeness (QED) is 0.505. The fraction of sp³-hybridized carbons (Fsp3) is 0.625. The van der Waals surface area contributed by atoms with Crippen LogP contribution in [0, 0.1) is 0 Å². The fourth-order valence-corrected chi connectivity index (χ4v) is 2.25. The van der Waals surface area contributed by atoms with E-state index in [9.17, 15) is 0 Å². The highest BCUT2D eigenvalue weighted by molar-refractivity contribution is 5.40. The molecule has 0 saturated heterocycles. The maximum atomic E-state index is 2.31. The van der Waals surface area contributed by atoms with Crippen molar-refractivity contribution in [2.75, 3.05) is 20.6 Å². The summed E-state index contributed by atoms with van der Waals surface area (Å²) in [6.07, 6.45) is 8.28. The molecule has 0 saturated carbocycles. The highest BCUT2D eigenvalue weighted by Crippen LogP contribution is 2.19. The third-order valence-electron chi connectivity index (χ3n) is 3.53. The van der Waals surface area contributed by atoms with Crippen molar-refractivity contribution in [3.05, 3.63) is 30.3 Å². The third-order valence-corrected chi connectivity index (χ3v) is 3.53. The van der Waals surface area contributed by atoms with Gasteiger partial charge in [0.05, 0.1) is 20.6 Å². The molecule has 0 heterocycles. The van der Waals surface area contributed by atoms with Crippen LogP contribution in [0.5, 0.6) is 0 Å². The predicted molar refractivity (Wildman–Crippen MR) is 78.3 cm³/mol. The van der Waals surface area contributed by atoms with Crippen molar-refractivity contribution in [1.82, 2.24) is 4.48 Å². The predicted octanol–water partition coefficient (Wildman–Crippen LogP) is 1.62. The molecule has 0 aliphatic rings. The van der Waals surface area contributed by atoms with Crippen molar-refractivity contribution in [2.24, 2.45) is 0 Å². The second-order valence-electron chi connectivity index (χ2n) is 5.51. The molecule has 0 aliphatic carbocycles. The highest BCUT2D eigenvalue weighted by Gasteiger charge is 2.17. The Kier molecular flexibility index (Phi) is 9.39. The summed E-state index contributed by atoms with van der Waals surface area (Å²) in [6, 6.07) is 10.8. The van der Waals surface area contributed by atoms with Crippen molar-refractivity contribution in [2.45, 2.75) is 45.4 Å². The van der Waals surface area contributed by atoms with Gasteiger partial charge in [-0.15, -0.1) is 0 Å². The molecule has 0 N–H and O–H groups in total. The molecule has 0 atom stereocenters. The van der Waals surface area contributed by atoms with E-state index in [0.717, 1.165) is 4.48 Å². The smallest absolute Gasteiger partial charge is 0.132 e. The summed E-state index contributed by atoms with van der Waals surface area (Å²) in [5.41, 5.74) is 1.42. The molecule has 0 radical (unpaired) electrons. The average Bonchev–Trinajstić information content (AvgIpc) is 2.35. The van der Waals surface area contributed by atoms with Crippen LogP contribution in [-0.2, 0) is 0 Å². The lowest BCUT2D eigenvalue weighted by Gasteiger charge is -2.29. The molecule has 1 rings (SSSR count). The first-order valence-electron chi connectivity index (χ1n) is 7.05. The first kappa shape index (κ1) is 17.7. The molecular formula is C16H28BrN. The number of rotatable bonds is 8. The summed E-state index contributed by atoms with van der Waals surface area (Å²) in [6.45, 7) is 3.52. The molecule has 1 aromatic rings. The molecule has 0 unspecified atom stereocenters. The maximum Gasteiger partial charge on any atom is 0.132 e. The minimum atomic E-state index is 0. The van der Waals surface area contributed by atoms with E-state index in [1.54, 1.807) is 0 Å². The van der Waals surface area contributed by atoms with Gasteiger partial charge in [0, 0.05) is 0 Å². The standard InChI is InChI=1S/C16H28N.BrH/c1-4-5-6-7-8-12-15-17(2,3)16-13-10-9-11-14-16;/h9-11,13-14H,4-8,12,15H2,1-3H3;1H/q+1;/p-1. The van der Waals surface area contributed by atoms with Gasteiger partial charge in [-0.3, -0.25) is 4.48 Å². The number of nitrogens with zero attached hydrogens (tertiary/aromatic N) is 1. The van der Waals surface area contributed by atoms with E-state index < -0.39 is 0 Å². The van der Waals surface area contributed by atoms with Gasteiger partial charge in [0.15, 0.2) is 0 Å². The molecule has 1 nitrogen and oxygen atoms in total. The molecule has 104 valence electrons. The average molecular weight is 314 g/mol. The lowest BCUT2D eigenvalue weighted by Crippen LogP contribution is -3.00. The second kappa shape index (κ2) is 9.57. The van der Waals surface area contributed by atoms with E-state index in [1.165, 1.54) is 50.8 Å². The molecule has 18 heavy (non-hydrogen) atoms. The Morgan fingerprint density at radius 1 is 0.833 bits per heavy atom. The lowest BCUT2D eigenvalue weighted by atomic mass is 10.1. The minimum absolute atomic E-state index is 0. The Bertz CT molecular complexity index is 295. The zero-order valence-corrected chi connectivity index (χ0v) is 13.7. The third kappa shape index (κ3) is 6.55. The van der Waals surface area contributed by atoms with Gasteiger partial charge >= 0.3 is 0 Å². The number of hydrogen-bond donors (Lipinski definition) is 0. The van der Waals surface area contributed by atoms with Crippen molar-refractivity contribution in [1.29, 1.82) is 0 Å². The molecule has 0 spiro atoms. The topological polar surface area (TPSA) is 0 Å². The van der Waals surface area contributed by atoms with E-state index in [2.05, 4.69) is 51.4 Å². The lowest BCUT2D eigenvalue weighted by molar-refractivity contribution is -0.00000384. The summed E-state index contributed by atoms with van der Waals surface area (Å²) >= 11 is 0. The van der Waals surface area contributed by atoms with Crippen LogP contribution >= 0.6 is 0 Å². The largest absolute Gasteiger partial charge is 1.00 e. The summed E-state index contributed by atoms with van der Waals surface area (Å²) in [4.78, 5) is 0. The van der Waals surface area contributed by atoms with Gasteiger partial charge in [0.25, 0.3) is 0 Å². The number of para-hydroxylation sites is 1. The Morgan fingerprint density at radius 3 is 2.00 bits per heavy atom. The molecule has 2 heteroatoms. The number of benzene rings is 1. The molecule has 0 aliphatic heterocycles. The van der Waals surface area contributed by atoms with Crippen molar-refractivity contribution >= 4 is 5.69 Å². The minimum Gasteiger partial charge on any atom is -1.00 e. The SMILES string of the molecule is CCCCCCCC[N+](C)(C)c1ccccc1.[Br-]. The fourth-order valence-electron chi connectivity index (χ4n) is 2.25. The first-order chi connectivity index (χ1) is 8.17. The van der Waals surface area contributed by atoms with Crippen LogP contribution in [0.4, 0.5) is 5.69 Å². The zero-order valence-electron chi connectivity index (χ0n) is 12.2. The number of halogens is 1. The Hall–Kier alpha value is -0.340. The van der Waals surface area contributed by atoms with E-state index in [4.69, 9.17) is 0 Å². The Labute approximate surface area is 124 Å². The van der Waals surface area contributed by atoms with Gasteiger partial charge < -0.3 is 17.0 Å². The van der Waals surface area contributed by atoms with Crippen molar-refractivity contribution in [3.8, 4) is 0 Å². The Morgan fingerprint density at radius 2 is 1.39 bits per heavy atom.